The first kappa shape index (κ1) is 137. The average Bonchev–Trinajstić information content (AvgIpc) is 2.48. The summed E-state index contributed by atoms with van der Waals surface area (Å²) in [6, 6.07) is 0. The van der Waals surface area contributed by atoms with Gasteiger partial charge in [0.2, 0.25) is 0 Å². The molecule has 0 atom stereocenters. The largest absolute Gasteiger partial charge is 1.00 e. The zero-order chi connectivity index (χ0) is 54.0. The average molecular weight is 1350 g/mol. The molecule has 0 bridgehead atoms. The zero-order valence-electron chi connectivity index (χ0n) is 34.1. The summed E-state index contributed by atoms with van der Waals surface area (Å²) < 4.78 is 106. The maximum atomic E-state index is 8.88. The smallest absolute Gasteiger partial charge is 0.756 e. The molecule has 0 fully saturated rings. The van der Waals surface area contributed by atoms with E-state index >= 15 is 0 Å². The van der Waals surface area contributed by atoms with E-state index < -0.39 is 93.9 Å². The molecule has 68 heavy (non-hydrogen) atoms. The fourth-order valence-corrected chi connectivity index (χ4v) is 0. The van der Waals surface area contributed by atoms with Gasteiger partial charge in [-0.25, -0.2) is 18.3 Å². The molecule has 0 aliphatic rings. The molecular formula is H28Na8O48P12. The van der Waals surface area contributed by atoms with Crippen LogP contribution in [0.2, 0.25) is 0 Å². The van der Waals surface area contributed by atoms with Gasteiger partial charge in [-0.2, -0.15) is 0 Å². The van der Waals surface area contributed by atoms with Gasteiger partial charge in [-0.1, -0.05) is 0 Å². The molecule has 0 aliphatic heterocycles. The van der Waals surface area contributed by atoms with Crippen molar-refractivity contribution in [3.63, 3.8) is 0 Å². The van der Waals surface area contributed by atoms with Crippen LogP contribution in [0.15, 0.2) is 0 Å². The molecule has 0 rings (SSSR count). The van der Waals surface area contributed by atoms with Crippen LogP contribution in [0, 0.1) is 0 Å². The van der Waals surface area contributed by atoms with E-state index in [1.807, 2.05) is 0 Å². The summed E-state index contributed by atoms with van der Waals surface area (Å²) >= 11 is 0. The van der Waals surface area contributed by atoms with Crippen molar-refractivity contribution in [1.82, 2.24) is 0 Å². The second-order valence-corrected chi connectivity index (χ2v) is 17.9. The van der Waals surface area contributed by atoms with Gasteiger partial charge in [0.15, 0.2) is 0 Å². The maximum Gasteiger partial charge on any atom is 1.00 e. The summed E-state index contributed by atoms with van der Waals surface area (Å²) in [5, 5.41) is 0. The van der Waals surface area contributed by atoms with E-state index in [1.165, 1.54) is 0 Å². The van der Waals surface area contributed by atoms with Gasteiger partial charge in [-0.15, -0.1) is 0 Å². The standard InChI is InChI=1S/8Na.12H3O4P/c;;;;;;;;12*1-5(2,3)4/h;;;;;;;;12*(H3,1,2,3,4)/q8*+1;;;;;;;;;;;;/p-8. The van der Waals surface area contributed by atoms with E-state index in [-0.39, 0.29) is 236 Å². The zero-order valence-corrected chi connectivity index (χ0v) is 60.8. The Balaban J connectivity index is -0.0000000203. The van der Waals surface area contributed by atoms with Gasteiger partial charge in [0.25, 0.3) is 62.6 Å². The minimum absolute atomic E-state index is 0. The van der Waals surface area contributed by atoms with Crippen molar-refractivity contribution >= 4 is 93.9 Å². The first-order valence-electron chi connectivity index (χ1n) is 9.25. The molecule has 0 aromatic carbocycles. The Morgan fingerprint density at radius 2 is 0.147 bits per heavy atom. The summed E-state index contributed by atoms with van der Waals surface area (Å²) in [5.41, 5.74) is 0. The molecule has 28 N–H and O–H groups in total. The molecule has 0 amide bonds. The fraction of sp³-hybridized carbons (Fsp3) is 0. The molecule has 0 saturated carbocycles. The summed E-state index contributed by atoms with van der Waals surface area (Å²) in [7, 11) is -57.7. The summed E-state index contributed by atoms with van der Waals surface area (Å²) in [6.07, 6.45) is 0. The Bertz CT molecular complexity index is 1060. The Morgan fingerprint density at radius 1 is 0.147 bits per heavy atom. The molecule has 48 nitrogen and oxygen atoms in total. The van der Waals surface area contributed by atoms with Crippen molar-refractivity contribution in [1.29, 1.82) is 0 Å². The third kappa shape index (κ3) is 4790. The predicted octanol–water partition coefficient (Wildman–Crippen LogP) is -40.2. The third-order valence-corrected chi connectivity index (χ3v) is 0. The van der Waals surface area contributed by atoms with Crippen LogP contribution in [0.25, 0.3) is 0 Å². The summed E-state index contributed by atoms with van der Waals surface area (Å²) in [5.74, 6) is 0. The Labute approximate surface area is 552 Å². The van der Waals surface area contributed by atoms with Gasteiger partial charge in [0, 0.05) is 0 Å². The third-order valence-electron chi connectivity index (χ3n) is 0. The van der Waals surface area contributed by atoms with E-state index in [1.54, 1.807) is 0 Å². The van der Waals surface area contributed by atoms with Gasteiger partial charge < -0.3 is 176 Å². The van der Waals surface area contributed by atoms with Crippen LogP contribution in [0.1, 0.15) is 0 Å². The SMILES string of the molecule is O=P(O)(O)O.O=P(O)(O)O.O=P(O)(O)O.O=P(O)(O)O.O=P([O-])(O)O.O=P([O-])(O)O.O=P([O-])(O)O.O=P([O-])(O)O.O=P([O-])(O)O.O=P([O-])(O)O.O=P([O-])(O)O.O=P([O-])(O)O.[Na+].[Na+].[Na+].[Na+].[Na+].[Na+].[Na+].[Na+]. The van der Waals surface area contributed by atoms with Crippen molar-refractivity contribution in [2.24, 2.45) is 0 Å². The minimum atomic E-state index is -4.89. The van der Waals surface area contributed by atoms with Crippen molar-refractivity contribution < 1.29 is 467 Å². The van der Waals surface area contributed by atoms with Crippen LogP contribution in [-0.2, 0) is 54.8 Å². The molecule has 0 radical (unpaired) electrons. The first-order valence-corrected chi connectivity index (χ1v) is 27.8. The van der Waals surface area contributed by atoms with Crippen LogP contribution in [0.4, 0.5) is 0 Å². The van der Waals surface area contributed by atoms with Gasteiger partial charge in [-0.3, -0.25) is 36.5 Å². The minimum Gasteiger partial charge on any atom is -0.756 e. The Kier molecular flexibility index (Phi) is 132. The van der Waals surface area contributed by atoms with E-state index in [2.05, 4.69) is 0 Å². The van der Waals surface area contributed by atoms with Crippen LogP contribution in [-0.4, -0.2) is 137 Å². The number of hydrogen-bond acceptors (Lipinski definition) is 20. The number of hydrogen-bond donors (Lipinski definition) is 28. The van der Waals surface area contributed by atoms with Crippen LogP contribution in [0.5, 0.6) is 0 Å². The molecule has 0 aromatic rings. The maximum absolute atomic E-state index is 8.88. The van der Waals surface area contributed by atoms with Crippen LogP contribution in [0.3, 0.4) is 0 Å². The van der Waals surface area contributed by atoms with Crippen LogP contribution < -0.4 is 276 Å². The first-order chi connectivity index (χ1) is 24.0. The Hall–Kier alpha value is 9.32. The molecule has 0 spiro atoms. The number of rotatable bonds is 0. The van der Waals surface area contributed by atoms with Gasteiger partial charge in [0.05, 0.1) is 0 Å². The monoisotopic (exact) mass is 1350 g/mol. The van der Waals surface area contributed by atoms with Crippen molar-refractivity contribution in [2.45, 2.75) is 0 Å². The quantitative estimate of drug-likeness (QED) is 0.0791. The van der Waals surface area contributed by atoms with Gasteiger partial charge in [0.1, 0.15) is 0 Å². The topological polar surface area (TPSA) is 956 Å². The second-order valence-electron chi connectivity index (χ2n) is 5.98. The van der Waals surface area contributed by atoms with Gasteiger partial charge in [-0.05, 0) is 0 Å². The molecule has 68 heteroatoms. The van der Waals surface area contributed by atoms with Crippen molar-refractivity contribution in [3.05, 3.63) is 0 Å². The van der Waals surface area contributed by atoms with E-state index in [0.29, 0.717) is 0 Å². The summed E-state index contributed by atoms with van der Waals surface area (Å²) in [4.78, 5) is 270. The van der Waals surface area contributed by atoms with E-state index in [9.17, 15) is 0 Å². The van der Waals surface area contributed by atoms with Crippen molar-refractivity contribution in [3.8, 4) is 0 Å². The Morgan fingerprint density at radius 3 is 0.147 bits per heavy atom. The molecule has 0 aliphatic carbocycles. The molecule has 0 unspecified atom stereocenters. The van der Waals surface area contributed by atoms with E-state index in [4.69, 9.17) is 231 Å². The van der Waals surface area contributed by atoms with E-state index in [0.717, 1.165) is 0 Å². The normalized spacial score (nSPS) is 10.4. The molecule has 0 saturated heterocycles. The molecule has 0 aromatic heterocycles. The molecule has 0 heterocycles. The fourth-order valence-electron chi connectivity index (χ4n) is 0. The van der Waals surface area contributed by atoms with Gasteiger partial charge >= 0.3 is 268 Å². The number of phosphoric acid groups is 12. The second kappa shape index (κ2) is 65.5. The van der Waals surface area contributed by atoms with Crippen molar-refractivity contribution in [2.75, 3.05) is 0 Å². The molecule has 384 valence electrons. The van der Waals surface area contributed by atoms with Crippen LogP contribution >= 0.6 is 93.9 Å². The summed E-state index contributed by atoms with van der Waals surface area (Å²) in [6.45, 7) is 0. The molecular weight excluding hydrogens is 1320 g/mol. The predicted molar refractivity (Wildman–Crippen MR) is 153 cm³/mol.